The van der Waals surface area contributed by atoms with Crippen molar-refractivity contribution in [3.63, 3.8) is 0 Å². The summed E-state index contributed by atoms with van der Waals surface area (Å²) >= 11 is 0. The van der Waals surface area contributed by atoms with E-state index in [1.165, 1.54) is 42.7 Å². The number of benzene rings is 2. The van der Waals surface area contributed by atoms with E-state index < -0.39 is 59.2 Å². The first-order chi connectivity index (χ1) is 16.6. The van der Waals surface area contributed by atoms with Crippen LogP contribution in [0, 0.1) is 23.3 Å². The average molecular weight is 497 g/mol. The minimum Gasteiger partial charge on any atom is -0.505 e. The van der Waals surface area contributed by atoms with Gasteiger partial charge in [0.05, 0.1) is 11.6 Å². The van der Waals surface area contributed by atoms with Crippen LogP contribution in [0.3, 0.4) is 0 Å². The van der Waals surface area contributed by atoms with Gasteiger partial charge in [0.25, 0.3) is 0 Å². The maximum absolute atomic E-state index is 15.1. The van der Waals surface area contributed by atoms with Crippen LogP contribution in [0.5, 0.6) is 11.5 Å². The normalized spacial score (nSPS) is 12.5. The van der Waals surface area contributed by atoms with E-state index in [9.17, 15) is 27.1 Å². The molecule has 2 aromatic carbocycles. The van der Waals surface area contributed by atoms with Crippen molar-refractivity contribution in [1.82, 2.24) is 9.97 Å². The SMILES string of the molecule is Oc1c(C(Nc2ccccn2)c2c(F)c(F)c(OCC(F)(F)F)c(F)c2F)ccc2cccnc12. The molecule has 0 spiro atoms. The highest BCUT2D eigenvalue weighted by molar-refractivity contribution is 5.86. The zero-order valence-electron chi connectivity index (χ0n) is 17.4. The lowest BCUT2D eigenvalue weighted by Gasteiger charge is -2.24. The Morgan fingerprint density at radius 3 is 2.17 bits per heavy atom. The Morgan fingerprint density at radius 2 is 1.54 bits per heavy atom. The van der Waals surface area contributed by atoms with Crippen molar-refractivity contribution in [2.45, 2.75) is 12.2 Å². The molecule has 0 aliphatic carbocycles. The zero-order chi connectivity index (χ0) is 25.3. The maximum atomic E-state index is 15.1. The first-order valence-corrected chi connectivity index (χ1v) is 9.88. The first kappa shape index (κ1) is 24.0. The smallest absolute Gasteiger partial charge is 0.422 e. The number of anilines is 1. The second-order valence-corrected chi connectivity index (χ2v) is 7.27. The predicted molar refractivity (Wildman–Crippen MR) is 111 cm³/mol. The van der Waals surface area contributed by atoms with Crippen LogP contribution in [-0.4, -0.2) is 27.9 Å². The number of nitrogens with zero attached hydrogens (tertiary/aromatic N) is 2. The summed E-state index contributed by atoms with van der Waals surface area (Å²) < 4.78 is 101. The molecular weight excluding hydrogens is 483 g/mol. The monoisotopic (exact) mass is 497 g/mol. The van der Waals surface area contributed by atoms with E-state index in [1.54, 1.807) is 12.1 Å². The van der Waals surface area contributed by atoms with E-state index in [2.05, 4.69) is 20.0 Å². The quantitative estimate of drug-likeness (QED) is 0.251. The summed E-state index contributed by atoms with van der Waals surface area (Å²) in [6.45, 7) is -2.17. The highest BCUT2D eigenvalue weighted by Crippen LogP contribution is 2.41. The number of aromatic hydroxyl groups is 1. The number of aromatic nitrogens is 2. The summed E-state index contributed by atoms with van der Waals surface area (Å²) in [5.74, 6) is -10.8. The molecule has 182 valence electrons. The van der Waals surface area contributed by atoms with Crippen molar-refractivity contribution >= 4 is 16.7 Å². The Bertz CT molecular complexity index is 1350. The number of hydrogen-bond acceptors (Lipinski definition) is 5. The van der Waals surface area contributed by atoms with Gasteiger partial charge in [-0.1, -0.05) is 24.3 Å². The molecule has 0 aliphatic rings. The lowest BCUT2D eigenvalue weighted by molar-refractivity contribution is -0.154. The Labute approximate surface area is 192 Å². The fourth-order valence-electron chi connectivity index (χ4n) is 3.44. The topological polar surface area (TPSA) is 67.3 Å². The van der Waals surface area contributed by atoms with Crippen molar-refractivity contribution in [3.05, 3.63) is 89.3 Å². The number of halogens is 7. The van der Waals surface area contributed by atoms with Crippen LogP contribution in [0.1, 0.15) is 17.2 Å². The number of phenolic OH excluding ortho intramolecular Hbond substituents is 1. The van der Waals surface area contributed by atoms with Crippen molar-refractivity contribution in [3.8, 4) is 11.5 Å². The van der Waals surface area contributed by atoms with Gasteiger partial charge >= 0.3 is 6.18 Å². The second kappa shape index (κ2) is 9.28. The number of rotatable bonds is 6. The molecule has 4 rings (SSSR count). The minimum atomic E-state index is -5.02. The van der Waals surface area contributed by atoms with Crippen molar-refractivity contribution in [2.24, 2.45) is 0 Å². The molecular formula is C23H14F7N3O2. The van der Waals surface area contributed by atoms with Gasteiger partial charge in [-0.2, -0.15) is 22.0 Å². The van der Waals surface area contributed by atoms with Crippen LogP contribution >= 0.6 is 0 Å². The molecule has 2 N–H and O–H groups in total. The van der Waals surface area contributed by atoms with Crippen LogP contribution < -0.4 is 10.1 Å². The largest absolute Gasteiger partial charge is 0.505 e. The van der Waals surface area contributed by atoms with Crippen molar-refractivity contribution in [1.29, 1.82) is 0 Å². The summed E-state index contributed by atoms with van der Waals surface area (Å²) in [6, 6.07) is 8.52. The summed E-state index contributed by atoms with van der Waals surface area (Å²) in [5.41, 5.74) is -1.46. The van der Waals surface area contributed by atoms with Gasteiger partial charge in [-0.3, -0.25) is 4.98 Å². The number of hydrogen-bond donors (Lipinski definition) is 2. The molecule has 35 heavy (non-hydrogen) atoms. The Morgan fingerprint density at radius 1 is 0.857 bits per heavy atom. The number of ether oxygens (including phenoxy) is 1. The molecule has 1 atom stereocenters. The Hall–Kier alpha value is -4.09. The molecule has 2 heterocycles. The Balaban J connectivity index is 1.91. The average Bonchev–Trinajstić information content (AvgIpc) is 2.83. The van der Waals surface area contributed by atoms with Gasteiger partial charge in [0.1, 0.15) is 17.1 Å². The van der Waals surface area contributed by atoms with Crippen LogP contribution in [0.4, 0.5) is 36.6 Å². The molecule has 0 amide bonds. The summed E-state index contributed by atoms with van der Waals surface area (Å²) in [5, 5.41) is 13.9. The number of pyridine rings is 2. The molecule has 1 unspecified atom stereocenters. The molecule has 0 saturated heterocycles. The molecule has 0 aliphatic heterocycles. The molecule has 0 bridgehead atoms. The van der Waals surface area contributed by atoms with E-state index in [0.29, 0.717) is 5.39 Å². The van der Waals surface area contributed by atoms with Gasteiger partial charge in [-0.05, 0) is 18.2 Å². The molecule has 0 radical (unpaired) electrons. The third-order valence-electron chi connectivity index (χ3n) is 4.97. The first-order valence-electron chi connectivity index (χ1n) is 9.88. The minimum absolute atomic E-state index is 0.00929. The lowest BCUT2D eigenvalue weighted by atomic mass is 9.94. The van der Waals surface area contributed by atoms with Gasteiger partial charge in [0.15, 0.2) is 24.0 Å². The number of nitrogens with one attached hydrogen (secondary N) is 1. The summed E-state index contributed by atoms with van der Waals surface area (Å²) in [4.78, 5) is 7.96. The molecule has 4 aromatic rings. The second-order valence-electron chi connectivity index (χ2n) is 7.27. The van der Waals surface area contributed by atoms with Gasteiger partial charge in [-0.25, -0.2) is 13.8 Å². The highest BCUT2D eigenvalue weighted by atomic mass is 19.4. The van der Waals surface area contributed by atoms with Crippen LogP contribution in [0.25, 0.3) is 10.9 Å². The van der Waals surface area contributed by atoms with Crippen LogP contribution in [-0.2, 0) is 0 Å². The number of phenols is 1. The lowest BCUT2D eigenvalue weighted by Crippen LogP contribution is -2.23. The number of fused-ring (bicyclic) bond motifs is 1. The van der Waals surface area contributed by atoms with Crippen LogP contribution in [0.15, 0.2) is 54.9 Å². The molecule has 5 nitrogen and oxygen atoms in total. The van der Waals surface area contributed by atoms with E-state index >= 15 is 8.78 Å². The van der Waals surface area contributed by atoms with E-state index in [-0.39, 0.29) is 16.9 Å². The Kier molecular flexibility index (Phi) is 6.37. The number of alkyl halides is 3. The summed E-state index contributed by atoms with van der Waals surface area (Å²) in [7, 11) is 0. The van der Waals surface area contributed by atoms with E-state index in [0.717, 1.165) is 0 Å². The molecule has 0 saturated carbocycles. The fourth-order valence-corrected chi connectivity index (χ4v) is 3.44. The summed E-state index contributed by atoms with van der Waals surface area (Å²) in [6.07, 6.45) is -2.35. The predicted octanol–water partition coefficient (Wildman–Crippen LogP) is 6.03. The van der Waals surface area contributed by atoms with Gasteiger partial charge in [0.2, 0.25) is 11.6 Å². The van der Waals surface area contributed by atoms with E-state index in [1.807, 2.05) is 0 Å². The third-order valence-corrected chi connectivity index (χ3v) is 4.97. The van der Waals surface area contributed by atoms with Crippen molar-refractivity contribution in [2.75, 3.05) is 11.9 Å². The molecule has 0 fully saturated rings. The van der Waals surface area contributed by atoms with Gasteiger partial charge in [0, 0.05) is 23.3 Å². The van der Waals surface area contributed by atoms with Crippen LogP contribution in [0.2, 0.25) is 0 Å². The third kappa shape index (κ3) is 4.77. The zero-order valence-corrected chi connectivity index (χ0v) is 17.4. The molecule has 2 aromatic heterocycles. The highest BCUT2D eigenvalue weighted by Gasteiger charge is 2.36. The standard InChI is InChI=1S/C23H14F7N3O2/c24-15-14(16(25)18(27)22(17(15)26)35-10-23(28,29)30)20(33-13-5-1-2-8-31-13)12-7-6-11-4-3-9-32-19(11)21(12)34/h1-9,20,34H,10H2,(H,31,33). The van der Waals surface area contributed by atoms with Gasteiger partial charge in [-0.15, -0.1) is 0 Å². The fraction of sp³-hybridized carbons (Fsp3) is 0.130. The maximum Gasteiger partial charge on any atom is 0.422 e. The van der Waals surface area contributed by atoms with E-state index in [4.69, 9.17) is 0 Å². The molecule has 12 heteroatoms. The van der Waals surface area contributed by atoms with Gasteiger partial charge < -0.3 is 15.2 Å². The van der Waals surface area contributed by atoms with Crippen molar-refractivity contribution < 1.29 is 40.6 Å².